The second-order valence-corrected chi connectivity index (χ2v) is 10.3. The normalized spacial score (nSPS) is 15.3. The number of benzene rings is 4. The van der Waals surface area contributed by atoms with E-state index in [1.54, 1.807) is 83.8 Å². The van der Waals surface area contributed by atoms with Crippen molar-refractivity contribution in [3.8, 4) is 11.5 Å². The van der Waals surface area contributed by atoms with Gasteiger partial charge in [0.15, 0.2) is 16.7 Å². The third-order valence-corrected chi connectivity index (χ3v) is 7.18. The van der Waals surface area contributed by atoms with Crippen molar-refractivity contribution in [2.45, 2.75) is 6.61 Å². The molecule has 5 rings (SSSR count). The SMILES string of the molecule is COc1cc(/C=C2\SC(=Nc3ccc(Cl)cc3)N(c3ccc(Cl)cc3)C2=O)ccc1OCc1cccc(F)c1. The van der Waals surface area contributed by atoms with Gasteiger partial charge in [-0.2, -0.15) is 0 Å². The summed E-state index contributed by atoms with van der Waals surface area (Å²) in [5.74, 6) is 0.443. The van der Waals surface area contributed by atoms with Crippen LogP contribution in [0, 0.1) is 5.82 Å². The zero-order valence-corrected chi connectivity index (χ0v) is 22.9. The number of halogens is 3. The van der Waals surface area contributed by atoms with Gasteiger partial charge in [-0.25, -0.2) is 9.38 Å². The topological polar surface area (TPSA) is 51.1 Å². The molecule has 0 unspecified atom stereocenters. The molecule has 1 fully saturated rings. The lowest BCUT2D eigenvalue weighted by molar-refractivity contribution is -0.113. The summed E-state index contributed by atoms with van der Waals surface area (Å²) in [5, 5.41) is 1.66. The van der Waals surface area contributed by atoms with E-state index in [1.807, 2.05) is 6.07 Å². The number of amides is 1. The smallest absolute Gasteiger partial charge is 0.271 e. The molecule has 5 nitrogen and oxygen atoms in total. The quantitative estimate of drug-likeness (QED) is 0.206. The maximum atomic E-state index is 13.6. The third-order valence-electron chi connectivity index (χ3n) is 5.71. The van der Waals surface area contributed by atoms with E-state index in [2.05, 4.69) is 0 Å². The van der Waals surface area contributed by atoms with Gasteiger partial charge in [0.1, 0.15) is 12.4 Å². The van der Waals surface area contributed by atoms with Gasteiger partial charge < -0.3 is 9.47 Å². The van der Waals surface area contributed by atoms with Crippen molar-refractivity contribution in [3.05, 3.63) is 123 Å². The molecule has 0 radical (unpaired) electrons. The first-order valence-electron chi connectivity index (χ1n) is 11.8. The molecule has 196 valence electrons. The van der Waals surface area contributed by atoms with E-state index in [0.29, 0.717) is 48.6 Å². The summed E-state index contributed by atoms with van der Waals surface area (Å²) < 4.78 is 24.9. The number of rotatable bonds is 7. The largest absolute Gasteiger partial charge is 0.493 e. The van der Waals surface area contributed by atoms with Gasteiger partial charge in [0.05, 0.1) is 23.4 Å². The summed E-state index contributed by atoms with van der Waals surface area (Å²) in [5.41, 5.74) is 2.75. The molecule has 0 spiro atoms. The van der Waals surface area contributed by atoms with Crippen LogP contribution in [0.4, 0.5) is 15.8 Å². The molecule has 0 aromatic heterocycles. The number of carbonyl (C=O) groups excluding carboxylic acids is 1. The van der Waals surface area contributed by atoms with E-state index >= 15 is 0 Å². The highest BCUT2D eigenvalue weighted by Gasteiger charge is 2.34. The molecule has 0 saturated carbocycles. The van der Waals surface area contributed by atoms with E-state index in [-0.39, 0.29) is 18.3 Å². The monoisotopic (exact) mass is 578 g/mol. The standard InChI is InChI=1S/C30H21Cl2FN2O3S/c1-37-27-16-19(5-14-26(27)38-18-20-3-2-4-23(33)15-20)17-28-29(36)35(25-12-8-22(32)9-13-25)30(39-28)34-24-10-6-21(31)7-11-24/h2-17H,18H2,1H3/b28-17-,34-30?. The molecule has 0 atom stereocenters. The summed E-state index contributed by atoms with van der Waals surface area (Å²) in [6, 6.07) is 25.6. The molecule has 0 bridgehead atoms. The van der Waals surface area contributed by atoms with Crippen LogP contribution >= 0.6 is 35.0 Å². The van der Waals surface area contributed by atoms with E-state index in [1.165, 1.54) is 31.0 Å². The highest BCUT2D eigenvalue weighted by atomic mass is 35.5. The summed E-state index contributed by atoms with van der Waals surface area (Å²) in [6.45, 7) is 0.184. The summed E-state index contributed by atoms with van der Waals surface area (Å²) in [4.78, 5) is 20.3. The Morgan fingerprint density at radius 2 is 1.64 bits per heavy atom. The average Bonchev–Trinajstić information content (AvgIpc) is 3.23. The maximum absolute atomic E-state index is 13.6. The molecule has 1 amide bonds. The van der Waals surface area contributed by atoms with Crippen LogP contribution in [0.3, 0.4) is 0 Å². The van der Waals surface area contributed by atoms with E-state index < -0.39 is 0 Å². The Kier molecular flexibility index (Phi) is 8.21. The van der Waals surface area contributed by atoms with Crippen molar-refractivity contribution >= 4 is 63.5 Å². The van der Waals surface area contributed by atoms with Crippen molar-refractivity contribution in [2.75, 3.05) is 12.0 Å². The van der Waals surface area contributed by atoms with E-state index in [0.717, 1.165) is 5.56 Å². The molecular formula is C30H21Cl2FN2O3S. The number of hydrogen-bond donors (Lipinski definition) is 0. The number of nitrogens with zero attached hydrogens (tertiary/aromatic N) is 2. The highest BCUT2D eigenvalue weighted by Crippen LogP contribution is 2.39. The van der Waals surface area contributed by atoms with Crippen LogP contribution < -0.4 is 14.4 Å². The molecule has 4 aromatic carbocycles. The van der Waals surface area contributed by atoms with Crippen molar-refractivity contribution in [1.82, 2.24) is 0 Å². The molecule has 9 heteroatoms. The van der Waals surface area contributed by atoms with Crippen LogP contribution in [0.5, 0.6) is 11.5 Å². The molecule has 4 aromatic rings. The average molecular weight is 579 g/mol. The minimum absolute atomic E-state index is 0.184. The Bertz CT molecular complexity index is 1570. The number of thioether (sulfide) groups is 1. The Hall–Kier alpha value is -3.78. The van der Waals surface area contributed by atoms with Gasteiger partial charge >= 0.3 is 0 Å². The van der Waals surface area contributed by atoms with Crippen molar-refractivity contribution in [1.29, 1.82) is 0 Å². The number of aliphatic imine (C=N–C) groups is 1. The summed E-state index contributed by atoms with van der Waals surface area (Å²) >= 11 is 13.4. The van der Waals surface area contributed by atoms with Crippen LogP contribution in [0.2, 0.25) is 10.0 Å². The van der Waals surface area contributed by atoms with Gasteiger partial charge in [-0.1, -0.05) is 41.4 Å². The van der Waals surface area contributed by atoms with Gasteiger partial charge in [-0.3, -0.25) is 9.69 Å². The first kappa shape index (κ1) is 26.8. The number of anilines is 1. The highest BCUT2D eigenvalue weighted by molar-refractivity contribution is 8.19. The molecule has 0 N–H and O–H groups in total. The van der Waals surface area contributed by atoms with Crippen LogP contribution in [-0.4, -0.2) is 18.2 Å². The summed E-state index contributed by atoms with van der Waals surface area (Å²) in [7, 11) is 1.54. The minimum Gasteiger partial charge on any atom is -0.493 e. The first-order chi connectivity index (χ1) is 18.9. The van der Waals surface area contributed by atoms with Crippen molar-refractivity contribution in [2.24, 2.45) is 4.99 Å². The second kappa shape index (κ2) is 11.9. The number of carbonyl (C=O) groups is 1. The molecule has 0 aliphatic carbocycles. The zero-order valence-electron chi connectivity index (χ0n) is 20.6. The maximum Gasteiger partial charge on any atom is 0.271 e. The summed E-state index contributed by atoms with van der Waals surface area (Å²) in [6.07, 6.45) is 1.78. The Morgan fingerprint density at radius 1 is 0.923 bits per heavy atom. The molecular weight excluding hydrogens is 558 g/mol. The van der Waals surface area contributed by atoms with Gasteiger partial charge in [0.2, 0.25) is 0 Å². The lowest BCUT2D eigenvalue weighted by Gasteiger charge is -2.15. The minimum atomic E-state index is -0.324. The molecule has 1 heterocycles. The number of hydrogen-bond acceptors (Lipinski definition) is 5. The van der Waals surface area contributed by atoms with Crippen LogP contribution in [-0.2, 0) is 11.4 Å². The predicted octanol–water partition coefficient (Wildman–Crippen LogP) is 8.53. The predicted molar refractivity (Wildman–Crippen MR) is 157 cm³/mol. The molecule has 1 aliphatic rings. The van der Waals surface area contributed by atoms with Crippen molar-refractivity contribution in [3.63, 3.8) is 0 Å². The Morgan fingerprint density at radius 3 is 2.33 bits per heavy atom. The Balaban J connectivity index is 1.44. The second-order valence-electron chi connectivity index (χ2n) is 8.43. The number of amidine groups is 1. The Labute approximate surface area is 239 Å². The lowest BCUT2D eigenvalue weighted by atomic mass is 10.1. The van der Waals surface area contributed by atoms with E-state index in [9.17, 15) is 9.18 Å². The van der Waals surface area contributed by atoms with E-state index in [4.69, 9.17) is 37.7 Å². The van der Waals surface area contributed by atoms with Gasteiger partial charge in [0.25, 0.3) is 5.91 Å². The fourth-order valence-corrected chi connectivity index (χ4v) is 5.08. The van der Waals surface area contributed by atoms with Crippen LogP contribution in [0.25, 0.3) is 6.08 Å². The number of methoxy groups -OCH3 is 1. The zero-order chi connectivity index (χ0) is 27.4. The molecule has 1 aliphatic heterocycles. The molecule has 1 saturated heterocycles. The third kappa shape index (κ3) is 6.45. The van der Waals surface area contributed by atoms with Gasteiger partial charge in [-0.05, 0) is 102 Å². The van der Waals surface area contributed by atoms with Crippen LogP contribution in [0.15, 0.2) is 101 Å². The van der Waals surface area contributed by atoms with Gasteiger partial charge in [-0.15, -0.1) is 0 Å². The fourth-order valence-electron chi connectivity index (χ4n) is 3.83. The van der Waals surface area contributed by atoms with Crippen molar-refractivity contribution < 1.29 is 18.7 Å². The van der Waals surface area contributed by atoms with Gasteiger partial charge in [0, 0.05) is 10.0 Å². The number of ether oxygens (including phenoxy) is 2. The van der Waals surface area contributed by atoms with Crippen LogP contribution in [0.1, 0.15) is 11.1 Å². The molecule has 39 heavy (non-hydrogen) atoms. The first-order valence-corrected chi connectivity index (χ1v) is 13.4. The lowest BCUT2D eigenvalue weighted by Crippen LogP contribution is -2.28. The fraction of sp³-hybridized carbons (Fsp3) is 0.0667.